The molecular formula is C12H13N3O2S2. The van der Waals surface area contributed by atoms with E-state index >= 15 is 0 Å². The molecule has 0 saturated carbocycles. The Morgan fingerprint density at radius 1 is 1.42 bits per heavy atom. The monoisotopic (exact) mass is 295 g/mol. The van der Waals surface area contributed by atoms with Crippen LogP contribution in [0.1, 0.15) is 15.4 Å². The number of hydrogen-bond donors (Lipinski definition) is 2. The fourth-order valence-corrected chi connectivity index (χ4v) is 3.01. The molecule has 0 aliphatic carbocycles. The van der Waals surface area contributed by atoms with Crippen molar-refractivity contribution in [2.24, 2.45) is 0 Å². The Morgan fingerprint density at radius 3 is 3.05 bits per heavy atom. The maximum absolute atomic E-state index is 11.0. The third kappa shape index (κ3) is 4.22. The molecule has 0 aliphatic heterocycles. The molecule has 0 amide bonds. The molecule has 100 valence electrons. The largest absolute Gasteiger partial charge is 0.478 e. The van der Waals surface area contributed by atoms with Gasteiger partial charge in [0.1, 0.15) is 16.4 Å². The van der Waals surface area contributed by atoms with E-state index in [1.54, 1.807) is 47.6 Å². The highest BCUT2D eigenvalue weighted by atomic mass is 32.2. The van der Waals surface area contributed by atoms with Crippen molar-refractivity contribution in [1.82, 2.24) is 9.97 Å². The van der Waals surface area contributed by atoms with E-state index in [0.29, 0.717) is 12.4 Å². The number of thioether (sulfide) groups is 1. The maximum atomic E-state index is 11.0. The van der Waals surface area contributed by atoms with E-state index in [1.807, 2.05) is 5.38 Å². The SMILES string of the molecule is O=C(O)c1cccnc1NCCSCc1nccs1. The molecule has 0 unspecified atom stereocenters. The number of aromatic nitrogens is 2. The highest BCUT2D eigenvalue weighted by Crippen LogP contribution is 2.15. The number of anilines is 1. The van der Waals surface area contributed by atoms with E-state index in [1.165, 1.54) is 0 Å². The number of rotatable bonds is 7. The summed E-state index contributed by atoms with van der Waals surface area (Å²) in [6, 6.07) is 3.16. The number of carbonyl (C=O) groups is 1. The molecule has 0 bridgehead atoms. The summed E-state index contributed by atoms with van der Waals surface area (Å²) >= 11 is 3.40. The van der Waals surface area contributed by atoms with Gasteiger partial charge in [0.05, 0.1) is 0 Å². The van der Waals surface area contributed by atoms with Gasteiger partial charge in [0.15, 0.2) is 0 Å². The molecular weight excluding hydrogens is 282 g/mol. The van der Waals surface area contributed by atoms with Gasteiger partial charge in [0, 0.05) is 35.8 Å². The van der Waals surface area contributed by atoms with Crippen LogP contribution in [0.3, 0.4) is 0 Å². The molecule has 5 nitrogen and oxygen atoms in total. The first-order valence-corrected chi connectivity index (χ1v) is 7.69. The summed E-state index contributed by atoms with van der Waals surface area (Å²) in [5.41, 5.74) is 0.201. The van der Waals surface area contributed by atoms with Gasteiger partial charge in [0.2, 0.25) is 0 Å². The smallest absolute Gasteiger partial charge is 0.339 e. The molecule has 0 aromatic carbocycles. The molecule has 0 spiro atoms. The summed E-state index contributed by atoms with van der Waals surface area (Å²) in [6.07, 6.45) is 3.38. The lowest BCUT2D eigenvalue weighted by Gasteiger charge is -2.07. The maximum Gasteiger partial charge on any atom is 0.339 e. The summed E-state index contributed by atoms with van der Waals surface area (Å²) in [7, 11) is 0. The van der Waals surface area contributed by atoms with Crippen molar-refractivity contribution in [3.05, 3.63) is 40.5 Å². The van der Waals surface area contributed by atoms with Gasteiger partial charge in [-0.25, -0.2) is 14.8 Å². The lowest BCUT2D eigenvalue weighted by Crippen LogP contribution is -2.10. The van der Waals surface area contributed by atoms with Crippen LogP contribution in [-0.4, -0.2) is 33.3 Å². The molecule has 19 heavy (non-hydrogen) atoms. The molecule has 7 heteroatoms. The second-order valence-corrected chi connectivity index (χ2v) is 5.69. The van der Waals surface area contributed by atoms with Crippen LogP contribution in [-0.2, 0) is 5.75 Å². The van der Waals surface area contributed by atoms with Gasteiger partial charge in [-0.3, -0.25) is 0 Å². The molecule has 0 aliphatic rings. The van der Waals surface area contributed by atoms with Crippen LogP contribution in [0.25, 0.3) is 0 Å². The average Bonchev–Trinajstić information content (AvgIpc) is 2.92. The quantitative estimate of drug-likeness (QED) is 0.765. The molecule has 0 radical (unpaired) electrons. The fraction of sp³-hybridized carbons (Fsp3) is 0.250. The van der Waals surface area contributed by atoms with Gasteiger partial charge in [-0.2, -0.15) is 11.8 Å². The minimum atomic E-state index is -0.967. The standard InChI is InChI=1S/C12H13N3O2S2/c16-12(17)9-2-1-3-14-11(9)15-4-6-18-8-10-13-5-7-19-10/h1-3,5,7H,4,6,8H2,(H,14,15)(H,16,17). The first-order valence-electron chi connectivity index (χ1n) is 5.65. The summed E-state index contributed by atoms with van der Waals surface area (Å²) in [6.45, 7) is 0.674. The Bertz CT molecular complexity index is 532. The summed E-state index contributed by atoms with van der Waals surface area (Å²) < 4.78 is 0. The summed E-state index contributed by atoms with van der Waals surface area (Å²) in [4.78, 5) is 19.2. The minimum absolute atomic E-state index is 0.201. The summed E-state index contributed by atoms with van der Waals surface area (Å²) in [5.74, 6) is 1.21. The summed E-state index contributed by atoms with van der Waals surface area (Å²) in [5, 5.41) is 15.1. The Balaban J connectivity index is 1.75. The van der Waals surface area contributed by atoms with Crippen LogP contribution in [0.2, 0.25) is 0 Å². The minimum Gasteiger partial charge on any atom is -0.478 e. The van der Waals surface area contributed by atoms with Crippen molar-refractivity contribution in [2.75, 3.05) is 17.6 Å². The van der Waals surface area contributed by atoms with Crippen molar-refractivity contribution in [3.63, 3.8) is 0 Å². The Morgan fingerprint density at radius 2 is 2.32 bits per heavy atom. The van der Waals surface area contributed by atoms with Crippen LogP contribution in [0.5, 0.6) is 0 Å². The average molecular weight is 295 g/mol. The van der Waals surface area contributed by atoms with Crippen molar-refractivity contribution in [2.45, 2.75) is 5.75 Å². The number of hydrogen-bond acceptors (Lipinski definition) is 6. The number of aromatic carboxylic acids is 1. The second kappa shape index (κ2) is 7.10. The van der Waals surface area contributed by atoms with E-state index in [9.17, 15) is 4.79 Å². The molecule has 0 fully saturated rings. The molecule has 2 aromatic heterocycles. The third-order valence-electron chi connectivity index (χ3n) is 2.29. The fourth-order valence-electron chi connectivity index (χ4n) is 1.44. The second-order valence-electron chi connectivity index (χ2n) is 3.61. The van der Waals surface area contributed by atoms with E-state index in [4.69, 9.17) is 5.11 Å². The lowest BCUT2D eigenvalue weighted by molar-refractivity contribution is 0.0697. The number of nitrogens with zero attached hydrogens (tertiary/aromatic N) is 2. The predicted molar refractivity (Wildman–Crippen MR) is 78.0 cm³/mol. The van der Waals surface area contributed by atoms with E-state index < -0.39 is 5.97 Å². The molecule has 2 heterocycles. The lowest BCUT2D eigenvalue weighted by atomic mass is 10.2. The zero-order valence-corrected chi connectivity index (χ0v) is 11.7. The van der Waals surface area contributed by atoms with Crippen molar-refractivity contribution < 1.29 is 9.90 Å². The van der Waals surface area contributed by atoms with Gasteiger partial charge in [0.25, 0.3) is 0 Å². The van der Waals surface area contributed by atoms with Crippen molar-refractivity contribution in [1.29, 1.82) is 0 Å². The van der Waals surface area contributed by atoms with Crippen molar-refractivity contribution in [3.8, 4) is 0 Å². The number of carboxylic acids is 1. The van der Waals surface area contributed by atoms with Gasteiger partial charge < -0.3 is 10.4 Å². The topological polar surface area (TPSA) is 75.1 Å². The van der Waals surface area contributed by atoms with E-state index in [2.05, 4.69) is 15.3 Å². The van der Waals surface area contributed by atoms with Gasteiger partial charge in [-0.1, -0.05) is 0 Å². The van der Waals surface area contributed by atoms with Crippen molar-refractivity contribution >= 4 is 34.9 Å². The normalized spacial score (nSPS) is 10.3. The van der Waals surface area contributed by atoms with Crippen LogP contribution in [0, 0.1) is 0 Å². The molecule has 2 rings (SSSR count). The van der Waals surface area contributed by atoms with Gasteiger partial charge in [-0.05, 0) is 12.1 Å². The van der Waals surface area contributed by atoms with E-state index in [0.717, 1.165) is 16.5 Å². The van der Waals surface area contributed by atoms with Crippen LogP contribution >= 0.6 is 23.1 Å². The first-order chi connectivity index (χ1) is 9.27. The number of thiazole rings is 1. The Hall–Kier alpha value is -1.60. The van der Waals surface area contributed by atoms with Crippen LogP contribution in [0.15, 0.2) is 29.9 Å². The molecule has 2 aromatic rings. The predicted octanol–water partition coefficient (Wildman–Crippen LogP) is 2.58. The van der Waals surface area contributed by atoms with Gasteiger partial charge >= 0.3 is 5.97 Å². The molecule has 0 atom stereocenters. The zero-order chi connectivity index (χ0) is 13.5. The number of nitrogens with one attached hydrogen (secondary N) is 1. The first kappa shape index (κ1) is 13.8. The molecule has 0 saturated heterocycles. The molecule has 2 N–H and O–H groups in total. The van der Waals surface area contributed by atoms with Crippen LogP contribution in [0.4, 0.5) is 5.82 Å². The number of carboxylic acid groups (broad SMARTS) is 1. The third-order valence-corrected chi connectivity index (χ3v) is 4.22. The Labute approximate surface area is 119 Å². The highest BCUT2D eigenvalue weighted by molar-refractivity contribution is 7.98. The Kier molecular flexibility index (Phi) is 5.17. The number of pyridine rings is 1. The van der Waals surface area contributed by atoms with E-state index in [-0.39, 0.29) is 5.56 Å². The van der Waals surface area contributed by atoms with Crippen LogP contribution < -0.4 is 5.32 Å². The highest BCUT2D eigenvalue weighted by Gasteiger charge is 2.09. The zero-order valence-electron chi connectivity index (χ0n) is 10.1. The van der Waals surface area contributed by atoms with Gasteiger partial charge in [-0.15, -0.1) is 11.3 Å².